The van der Waals surface area contributed by atoms with Crippen LogP contribution in [0.5, 0.6) is 23.0 Å². The highest BCUT2D eigenvalue weighted by atomic mass is 16.5. The van der Waals surface area contributed by atoms with Gasteiger partial charge in [0.15, 0.2) is 0 Å². The molecule has 8 aromatic carbocycles. The lowest BCUT2D eigenvalue weighted by molar-refractivity contribution is 0.471. The van der Waals surface area contributed by atoms with Crippen LogP contribution in [0.3, 0.4) is 0 Å². The SMILES string of the molecule is [2H]c1c([2H])c([2H])c2c(c1[2H])c1ccc3cc1n2-c1cc(C([2H])([2H])C(C)C)c(cn1)-c1ccccc1Oc1cccc(c1)-c1cc(C([2H])([2H])C(C)C)cc(-c2ccccc2)c1N1CN(c2ccc(C([2H])([2H])C(C)C)c(c2)O3)c2ccccc21. The third-order valence-electron chi connectivity index (χ3n) is 13.1. The summed E-state index contributed by atoms with van der Waals surface area (Å²) in [5.41, 5.74) is 9.11. The first kappa shape index (κ1) is 35.1. The van der Waals surface area contributed by atoms with Crippen molar-refractivity contribution in [1.29, 1.82) is 0 Å². The molecule has 0 aliphatic carbocycles. The summed E-state index contributed by atoms with van der Waals surface area (Å²) < 4.78 is 110. The van der Waals surface area contributed by atoms with E-state index in [2.05, 4.69) is 21.9 Å². The number of nitrogens with zero attached hydrogens (tertiary/aromatic N) is 4. The molecular weight excluding hydrogens is 881 g/mol. The number of hydrogen-bond acceptors (Lipinski definition) is 5. The van der Waals surface area contributed by atoms with Crippen molar-refractivity contribution < 1.29 is 23.2 Å². The highest BCUT2D eigenvalue weighted by molar-refractivity contribution is 6.09. The number of ether oxygens (including phenoxy) is 2. The number of rotatable bonds is 7. The fourth-order valence-electron chi connectivity index (χ4n) is 10.2. The van der Waals surface area contributed by atoms with Crippen molar-refractivity contribution in [2.24, 2.45) is 17.8 Å². The number of pyridine rings is 1. The van der Waals surface area contributed by atoms with Crippen LogP contribution >= 0.6 is 0 Å². The second kappa shape index (κ2) is 18.6. The topological polar surface area (TPSA) is 42.8 Å². The summed E-state index contributed by atoms with van der Waals surface area (Å²) in [6, 6.07) is 48.2. The van der Waals surface area contributed by atoms with Crippen LogP contribution in [0.1, 0.15) is 71.9 Å². The minimum atomic E-state index is -1.99. The summed E-state index contributed by atoms with van der Waals surface area (Å²) in [4.78, 5) is 9.46. The van der Waals surface area contributed by atoms with Gasteiger partial charge in [0.05, 0.1) is 33.6 Å². The van der Waals surface area contributed by atoms with Gasteiger partial charge in [-0.2, -0.15) is 0 Å². The van der Waals surface area contributed by atoms with Crippen LogP contribution in [0, 0.1) is 17.8 Å². The predicted molar refractivity (Wildman–Crippen MR) is 299 cm³/mol. The third-order valence-corrected chi connectivity index (χ3v) is 13.1. The maximum absolute atomic E-state index is 9.76. The van der Waals surface area contributed by atoms with E-state index in [1.165, 1.54) is 0 Å². The maximum atomic E-state index is 9.76. The molecule has 72 heavy (non-hydrogen) atoms. The number of aromatic nitrogens is 2. The lowest BCUT2D eigenvalue weighted by Crippen LogP contribution is -2.25. The van der Waals surface area contributed by atoms with Crippen molar-refractivity contribution in [2.45, 2.75) is 60.7 Å². The summed E-state index contributed by atoms with van der Waals surface area (Å²) >= 11 is 0. The minimum Gasteiger partial charge on any atom is -0.457 e. The molecule has 5 heterocycles. The van der Waals surface area contributed by atoms with E-state index in [9.17, 15) is 11.0 Å². The highest BCUT2D eigenvalue weighted by Crippen LogP contribution is 2.52. The molecule has 356 valence electrons. The second-order valence-corrected chi connectivity index (χ2v) is 19.4. The van der Waals surface area contributed by atoms with Gasteiger partial charge in [0, 0.05) is 65.3 Å². The molecule has 0 atom stereocenters. The van der Waals surface area contributed by atoms with Gasteiger partial charge >= 0.3 is 0 Å². The monoisotopic (exact) mass is 951 g/mol. The molecule has 0 N–H and O–H groups in total. The molecule has 0 fully saturated rings. The number of fused-ring (bicyclic) bond motifs is 5. The van der Waals surface area contributed by atoms with Crippen LogP contribution in [-0.2, 0) is 19.1 Å². The van der Waals surface area contributed by atoms with Gasteiger partial charge in [-0.15, -0.1) is 0 Å². The summed E-state index contributed by atoms with van der Waals surface area (Å²) in [5, 5.41) is 0.722. The molecule has 13 rings (SSSR count). The fraction of sp³-hybridized carbons (Fsp3) is 0.197. The van der Waals surface area contributed by atoms with Crippen molar-refractivity contribution in [3.8, 4) is 62.2 Å². The summed E-state index contributed by atoms with van der Waals surface area (Å²) in [5.74, 6) is 0.210. The van der Waals surface area contributed by atoms with Gasteiger partial charge in [0.1, 0.15) is 35.5 Å². The van der Waals surface area contributed by atoms with E-state index < -0.39 is 43.0 Å². The standard InChI is InChI=1S/C66H60N4O2/c1-42(2)31-45-34-56(46-17-8-7-9-18-46)66-57(35-45)47-19-16-20-51(36-47)71-63-26-15-11-22-55(63)58-40-67-65(37-49(58)33-44(5)6)70-59-23-12-10-21-53(59)54-30-29-52(39-62(54)70)72-64-38-50(28-27-48(64)32-43(3)4)68-41-69(66)61-25-14-13-24-60(61)68/h7-30,34-40,42-44H,31-33,41H2,1-6H3/i10D,12D,21D,23D,31D2,32D2,33D2. The van der Waals surface area contributed by atoms with E-state index in [-0.39, 0.29) is 58.5 Å². The molecule has 10 bridgehead atoms. The van der Waals surface area contributed by atoms with Gasteiger partial charge in [-0.1, -0.05) is 139 Å². The van der Waals surface area contributed by atoms with E-state index in [1.807, 2.05) is 143 Å². The van der Waals surface area contributed by atoms with Gasteiger partial charge in [0.2, 0.25) is 0 Å². The Morgan fingerprint density at radius 3 is 2.01 bits per heavy atom. The van der Waals surface area contributed by atoms with E-state index in [0.29, 0.717) is 50.3 Å². The van der Waals surface area contributed by atoms with Gasteiger partial charge in [-0.25, -0.2) is 4.98 Å². The molecule has 3 aliphatic rings. The molecule has 0 saturated heterocycles. The summed E-state index contributed by atoms with van der Waals surface area (Å²) in [6.07, 6.45) is -4.02. The second-order valence-electron chi connectivity index (χ2n) is 19.4. The van der Waals surface area contributed by atoms with Crippen LogP contribution in [0.25, 0.3) is 61.0 Å². The molecule has 3 aliphatic heterocycles. The number of anilines is 4. The molecule has 10 aromatic rings. The van der Waals surface area contributed by atoms with Crippen molar-refractivity contribution in [3.05, 3.63) is 205 Å². The van der Waals surface area contributed by atoms with E-state index in [0.717, 1.165) is 39.3 Å². The Labute approximate surface area is 437 Å². The molecule has 6 nitrogen and oxygen atoms in total. The van der Waals surface area contributed by atoms with Crippen molar-refractivity contribution in [2.75, 3.05) is 16.5 Å². The van der Waals surface area contributed by atoms with Gasteiger partial charge in [-0.3, -0.25) is 4.57 Å². The Bertz CT molecular complexity index is 4200. The average molecular weight is 951 g/mol. The van der Waals surface area contributed by atoms with E-state index >= 15 is 0 Å². The molecular formula is C66H60N4O2. The zero-order chi connectivity index (χ0) is 57.9. The first-order chi connectivity index (χ1) is 39.1. The number of hydrogen-bond donors (Lipinski definition) is 0. The van der Waals surface area contributed by atoms with Crippen LogP contribution in [-0.4, -0.2) is 16.2 Å². The van der Waals surface area contributed by atoms with E-state index in [1.54, 1.807) is 54.9 Å². The normalized spacial score (nSPS) is 15.6. The Hall–Kier alpha value is -8.09. The van der Waals surface area contributed by atoms with Crippen molar-refractivity contribution >= 4 is 44.6 Å². The van der Waals surface area contributed by atoms with Crippen molar-refractivity contribution in [1.82, 2.24) is 9.55 Å². The maximum Gasteiger partial charge on any atom is 0.137 e. The molecule has 6 heteroatoms. The smallest absolute Gasteiger partial charge is 0.137 e. The largest absolute Gasteiger partial charge is 0.457 e. The fourth-order valence-corrected chi connectivity index (χ4v) is 10.2. The van der Waals surface area contributed by atoms with Crippen LogP contribution in [0.2, 0.25) is 0 Å². The van der Waals surface area contributed by atoms with Gasteiger partial charge < -0.3 is 19.3 Å². The molecule has 0 saturated carbocycles. The molecule has 0 amide bonds. The lowest BCUT2D eigenvalue weighted by atomic mass is 9.90. The Morgan fingerprint density at radius 1 is 0.528 bits per heavy atom. The lowest BCUT2D eigenvalue weighted by Gasteiger charge is -2.28. The van der Waals surface area contributed by atoms with E-state index in [4.69, 9.17) is 17.2 Å². The molecule has 0 radical (unpaired) electrons. The minimum absolute atomic E-state index is 0.142. The van der Waals surface area contributed by atoms with Gasteiger partial charge in [0.25, 0.3) is 0 Å². The Balaban J connectivity index is 1.19. The van der Waals surface area contributed by atoms with Crippen LogP contribution in [0.15, 0.2) is 188 Å². The zero-order valence-electron chi connectivity index (χ0n) is 51.1. The van der Waals surface area contributed by atoms with Gasteiger partial charge in [-0.05, 0) is 137 Å². The Morgan fingerprint density at radius 2 is 1.21 bits per heavy atom. The highest BCUT2D eigenvalue weighted by Gasteiger charge is 2.33. The predicted octanol–water partition coefficient (Wildman–Crippen LogP) is 17.9. The number of para-hydroxylation sites is 4. The zero-order valence-corrected chi connectivity index (χ0v) is 41.1. The van der Waals surface area contributed by atoms with Crippen LogP contribution in [0.4, 0.5) is 22.7 Å². The van der Waals surface area contributed by atoms with Crippen molar-refractivity contribution in [3.63, 3.8) is 0 Å². The molecule has 0 unspecified atom stereocenters. The number of benzene rings is 8. The molecule has 0 spiro atoms. The third kappa shape index (κ3) is 8.34. The Kier molecular flexibility index (Phi) is 9.05. The molecule has 2 aromatic heterocycles. The quantitative estimate of drug-likeness (QED) is 0.159. The van der Waals surface area contributed by atoms with Crippen LogP contribution < -0.4 is 19.3 Å². The average Bonchev–Trinajstić information content (AvgIpc) is 1.95. The summed E-state index contributed by atoms with van der Waals surface area (Å²) in [6.45, 7) is 11.3. The first-order valence-corrected chi connectivity index (χ1v) is 24.7. The summed E-state index contributed by atoms with van der Waals surface area (Å²) in [7, 11) is 0. The first-order valence-electron chi connectivity index (χ1n) is 29.7.